The van der Waals surface area contributed by atoms with Crippen molar-refractivity contribution in [2.24, 2.45) is 5.92 Å². The first-order valence-corrected chi connectivity index (χ1v) is 12.1. The van der Waals surface area contributed by atoms with Gasteiger partial charge in [0.1, 0.15) is 18.1 Å². The summed E-state index contributed by atoms with van der Waals surface area (Å²) in [5, 5.41) is 1.39. The average molecular weight is 474 g/mol. The van der Waals surface area contributed by atoms with Gasteiger partial charge >= 0.3 is 5.97 Å². The van der Waals surface area contributed by atoms with Gasteiger partial charge in [0, 0.05) is 13.7 Å². The van der Waals surface area contributed by atoms with E-state index in [1.165, 1.54) is 12.2 Å². The molecular weight excluding hydrogens is 438 g/mol. The van der Waals surface area contributed by atoms with Crippen molar-refractivity contribution in [3.8, 4) is 0 Å². The molecule has 1 aliphatic heterocycles. The van der Waals surface area contributed by atoms with Crippen molar-refractivity contribution in [2.75, 3.05) is 27.3 Å². The number of nitrogens with zero attached hydrogens (tertiary/aromatic N) is 1. The monoisotopic (exact) mass is 473 g/mol. The van der Waals surface area contributed by atoms with E-state index in [1.807, 2.05) is 39.0 Å². The van der Waals surface area contributed by atoms with Gasteiger partial charge in [0.25, 0.3) is 5.91 Å². The summed E-state index contributed by atoms with van der Waals surface area (Å²) in [5.41, 5.74) is 2.20. The highest BCUT2D eigenvalue weighted by atomic mass is 16.8. The van der Waals surface area contributed by atoms with Crippen LogP contribution in [0.1, 0.15) is 62.1 Å². The summed E-state index contributed by atoms with van der Waals surface area (Å²) in [4.78, 5) is 32.7. The maximum Gasteiger partial charge on any atom is 0.314 e. The van der Waals surface area contributed by atoms with Gasteiger partial charge in [-0.3, -0.25) is 9.59 Å². The number of benzene rings is 1. The van der Waals surface area contributed by atoms with Crippen LogP contribution in [-0.2, 0) is 33.4 Å². The van der Waals surface area contributed by atoms with E-state index in [1.54, 1.807) is 0 Å². The number of aryl methyl sites for hydroxylation is 2. The van der Waals surface area contributed by atoms with Gasteiger partial charge in [-0.25, -0.2) is 9.90 Å². The summed E-state index contributed by atoms with van der Waals surface area (Å²) in [7, 11) is 1.51. The molecule has 1 aromatic rings. The Hall–Kier alpha value is -2.26. The van der Waals surface area contributed by atoms with Gasteiger partial charge < -0.3 is 18.9 Å². The van der Waals surface area contributed by atoms with Gasteiger partial charge in [-0.15, -0.1) is 0 Å². The largest absolute Gasteiger partial charge is 0.427 e. The van der Waals surface area contributed by atoms with Crippen molar-refractivity contribution < 1.29 is 33.4 Å². The van der Waals surface area contributed by atoms with Crippen molar-refractivity contribution in [1.82, 2.24) is 5.06 Å². The van der Waals surface area contributed by atoms with E-state index in [9.17, 15) is 9.59 Å². The van der Waals surface area contributed by atoms with Crippen LogP contribution in [0.5, 0.6) is 0 Å². The topological polar surface area (TPSA) is 83.5 Å². The Kier molecular flexibility index (Phi) is 7.72. The van der Waals surface area contributed by atoms with E-state index in [4.69, 9.17) is 23.8 Å². The third-order valence-corrected chi connectivity index (χ3v) is 6.93. The lowest BCUT2D eigenvalue weighted by Crippen LogP contribution is -2.52. The molecule has 0 N–H and O–H groups in total. The number of ether oxygens (including phenoxy) is 4. The molecule has 0 aromatic heterocycles. The SMILES string of the molecule is CCOCOC1CCC2(CC1)C(OC(=O)C1CC1)=C(c1c(C)cccc1C)C(=O)N2OCOC. The number of hydroxylamine groups is 2. The Balaban J connectivity index is 1.75. The fourth-order valence-electron chi connectivity index (χ4n) is 4.98. The molecule has 1 heterocycles. The molecule has 1 aromatic carbocycles. The van der Waals surface area contributed by atoms with Crippen molar-refractivity contribution >= 4 is 17.4 Å². The number of rotatable bonds is 10. The number of hydrogen-bond donors (Lipinski definition) is 0. The Morgan fingerprint density at radius 2 is 1.76 bits per heavy atom. The van der Waals surface area contributed by atoms with Crippen LogP contribution in [0.4, 0.5) is 0 Å². The molecule has 0 saturated heterocycles. The van der Waals surface area contributed by atoms with E-state index < -0.39 is 5.54 Å². The van der Waals surface area contributed by atoms with E-state index >= 15 is 0 Å². The zero-order chi connectivity index (χ0) is 24.3. The van der Waals surface area contributed by atoms with Gasteiger partial charge in [0.15, 0.2) is 6.79 Å². The summed E-state index contributed by atoms with van der Waals surface area (Å²) < 4.78 is 22.5. The number of carbonyl (C=O) groups excluding carboxylic acids is 2. The molecule has 0 atom stereocenters. The summed E-state index contributed by atoms with van der Waals surface area (Å²) >= 11 is 0. The van der Waals surface area contributed by atoms with Gasteiger partial charge in [0.05, 0.1) is 17.6 Å². The maximum atomic E-state index is 13.9. The minimum Gasteiger partial charge on any atom is -0.427 e. The number of amides is 1. The summed E-state index contributed by atoms with van der Waals surface area (Å²) in [5.74, 6) is -0.263. The molecule has 0 bridgehead atoms. The zero-order valence-corrected chi connectivity index (χ0v) is 20.6. The zero-order valence-electron chi connectivity index (χ0n) is 20.6. The Labute approximate surface area is 201 Å². The molecular formula is C26H35NO7. The third-order valence-electron chi connectivity index (χ3n) is 6.93. The summed E-state index contributed by atoms with van der Waals surface area (Å²) in [6.45, 7) is 6.60. The standard InChI is InChI=1S/C26H35NO7/c1-5-31-16-32-20-11-13-26(14-12-20)23(34-25(29)19-9-10-19)22(24(28)27(26)33-15-30-4)21-17(2)7-6-8-18(21)3/h6-8,19-20H,5,9-16H2,1-4H3. The second-order valence-corrected chi connectivity index (χ2v) is 9.31. The molecule has 2 fully saturated rings. The first-order chi connectivity index (χ1) is 16.4. The number of methoxy groups -OCH3 is 1. The van der Waals surface area contributed by atoms with Gasteiger partial charge in [-0.1, -0.05) is 18.2 Å². The number of hydrogen-bond acceptors (Lipinski definition) is 7. The van der Waals surface area contributed by atoms with Crippen LogP contribution < -0.4 is 0 Å². The minimum atomic E-state index is -0.893. The Morgan fingerprint density at radius 1 is 1.09 bits per heavy atom. The highest BCUT2D eigenvalue weighted by Gasteiger charge is 2.57. The minimum absolute atomic E-state index is 0.00110. The van der Waals surface area contributed by atoms with Crippen molar-refractivity contribution in [3.63, 3.8) is 0 Å². The molecule has 1 spiro atoms. The van der Waals surface area contributed by atoms with E-state index in [0.29, 0.717) is 43.6 Å². The van der Waals surface area contributed by atoms with Crippen LogP contribution in [-0.4, -0.2) is 55.9 Å². The van der Waals surface area contributed by atoms with Gasteiger partial charge in [-0.2, -0.15) is 0 Å². The number of esters is 1. The van der Waals surface area contributed by atoms with Crippen LogP contribution >= 0.6 is 0 Å². The second-order valence-electron chi connectivity index (χ2n) is 9.31. The predicted octanol–water partition coefficient (Wildman–Crippen LogP) is 4.04. The molecule has 3 aliphatic rings. The molecule has 2 aliphatic carbocycles. The lowest BCUT2D eigenvalue weighted by atomic mass is 9.78. The van der Waals surface area contributed by atoms with E-state index in [2.05, 4.69) is 0 Å². The molecule has 4 rings (SSSR count). The van der Waals surface area contributed by atoms with Crippen molar-refractivity contribution in [3.05, 3.63) is 40.6 Å². The number of carbonyl (C=O) groups is 2. The van der Waals surface area contributed by atoms with Crippen LogP contribution in [0.2, 0.25) is 0 Å². The van der Waals surface area contributed by atoms with Crippen LogP contribution in [0.3, 0.4) is 0 Å². The quantitative estimate of drug-likeness (QED) is 0.288. The van der Waals surface area contributed by atoms with Gasteiger partial charge in [0.2, 0.25) is 0 Å². The van der Waals surface area contributed by atoms with E-state index in [-0.39, 0.29) is 37.5 Å². The highest BCUT2D eigenvalue weighted by Crippen LogP contribution is 2.51. The van der Waals surface area contributed by atoms with Crippen LogP contribution in [0, 0.1) is 19.8 Å². The highest BCUT2D eigenvalue weighted by molar-refractivity contribution is 6.23. The van der Waals surface area contributed by atoms with E-state index in [0.717, 1.165) is 29.5 Å². The molecule has 8 heteroatoms. The fraction of sp³-hybridized carbons (Fsp3) is 0.615. The lowest BCUT2D eigenvalue weighted by Gasteiger charge is -2.42. The first-order valence-electron chi connectivity index (χ1n) is 12.1. The third kappa shape index (κ3) is 4.77. The van der Waals surface area contributed by atoms with Gasteiger partial charge in [-0.05, 0) is 76.0 Å². The predicted molar refractivity (Wildman–Crippen MR) is 124 cm³/mol. The first kappa shape index (κ1) is 24.9. The molecule has 0 radical (unpaired) electrons. The lowest BCUT2D eigenvalue weighted by molar-refractivity contribution is -0.252. The Morgan fingerprint density at radius 3 is 2.35 bits per heavy atom. The van der Waals surface area contributed by atoms with Crippen LogP contribution in [0.25, 0.3) is 5.57 Å². The molecule has 186 valence electrons. The molecule has 0 unspecified atom stereocenters. The summed E-state index contributed by atoms with van der Waals surface area (Å²) in [6.07, 6.45) is 4.09. The van der Waals surface area contributed by atoms with Crippen LogP contribution in [0.15, 0.2) is 24.0 Å². The molecule has 2 saturated carbocycles. The smallest absolute Gasteiger partial charge is 0.314 e. The molecule has 8 nitrogen and oxygen atoms in total. The fourth-order valence-corrected chi connectivity index (χ4v) is 4.98. The van der Waals surface area contributed by atoms with Crippen molar-refractivity contribution in [2.45, 2.75) is 70.9 Å². The Bertz CT molecular complexity index is 924. The average Bonchev–Trinajstić information content (AvgIpc) is 3.64. The normalized spacial score (nSPS) is 24.9. The molecule has 34 heavy (non-hydrogen) atoms. The molecule has 1 amide bonds. The summed E-state index contributed by atoms with van der Waals surface area (Å²) in [6, 6.07) is 5.89. The maximum absolute atomic E-state index is 13.9. The second kappa shape index (κ2) is 10.6. The van der Waals surface area contributed by atoms with Crippen molar-refractivity contribution in [1.29, 1.82) is 0 Å².